The van der Waals surface area contributed by atoms with Gasteiger partial charge in [0.15, 0.2) is 5.82 Å². The molecule has 0 radical (unpaired) electrons. The van der Waals surface area contributed by atoms with Gasteiger partial charge in [0.05, 0.1) is 11.5 Å². The van der Waals surface area contributed by atoms with E-state index in [4.69, 9.17) is 5.41 Å². The molecule has 1 heterocycles. The minimum absolute atomic E-state index is 0.414. The summed E-state index contributed by atoms with van der Waals surface area (Å²) in [6, 6.07) is 1.74. The van der Waals surface area contributed by atoms with Gasteiger partial charge >= 0.3 is 0 Å². The summed E-state index contributed by atoms with van der Waals surface area (Å²) in [6.45, 7) is 5.49. The minimum atomic E-state index is 0.414. The molecule has 1 N–H and O–H groups in total. The maximum Gasteiger partial charge on any atom is 0.175 e. The molecule has 0 saturated heterocycles. The van der Waals surface area contributed by atoms with Gasteiger partial charge < -0.3 is 4.90 Å². The third-order valence-electron chi connectivity index (χ3n) is 1.73. The van der Waals surface area contributed by atoms with E-state index in [9.17, 15) is 0 Å². The molecule has 1 aromatic rings. The summed E-state index contributed by atoms with van der Waals surface area (Å²) >= 11 is 0. The molecule has 1 aromatic heterocycles. The number of hydrogen-bond acceptors (Lipinski definition) is 3. The van der Waals surface area contributed by atoms with Crippen LogP contribution >= 0.6 is 0 Å². The molecule has 0 aliphatic rings. The Morgan fingerprint density at radius 3 is 2.46 bits per heavy atom. The Labute approximate surface area is 77.5 Å². The normalized spacial score (nSPS) is 9.38. The summed E-state index contributed by atoms with van der Waals surface area (Å²) in [4.78, 5) is 9.70. The Bertz CT molecular complexity index is 318. The van der Waals surface area contributed by atoms with Crippen LogP contribution in [0.2, 0.25) is 0 Å². The molecule has 0 aliphatic carbocycles. The van der Waals surface area contributed by atoms with E-state index in [1.54, 1.807) is 37.3 Å². The standard InChI is InChI=1S/C9H12N4/c1-7(13(3)8(2)10)9-11-5-4-6-12-9/h4-6,10H,1H2,2-3H3. The van der Waals surface area contributed by atoms with Crippen LogP contribution in [0.1, 0.15) is 12.7 Å². The van der Waals surface area contributed by atoms with E-state index in [0.29, 0.717) is 17.4 Å². The third kappa shape index (κ3) is 2.11. The molecule has 0 saturated carbocycles. The maximum atomic E-state index is 7.39. The van der Waals surface area contributed by atoms with Gasteiger partial charge in [-0.1, -0.05) is 6.58 Å². The molecule has 68 valence electrons. The molecule has 1 rings (SSSR count). The van der Waals surface area contributed by atoms with Gasteiger partial charge in [-0.15, -0.1) is 0 Å². The first-order chi connectivity index (χ1) is 6.13. The third-order valence-corrected chi connectivity index (χ3v) is 1.73. The molecule has 0 bridgehead atoms. The van der Waals surface area contributed by atoms with Crippen molar-refractivity contribution in [1.82, 2.24) is 14.9 Å². The number of amidine groups is 1. The Kier molecular flexibility index (Phi) is 2.74. The van der Waals surface area contributed by atoms with E-state index in [1.807, 2.05) is 0 Å². The van der Waals surface area contributed by atoms with Crippen molar-refractivity contribution in [2.24, 2.45) is 0 Å². The predicted molar refractivity (Wildman–Crippen MR) is 52.2 cm³/mol. The zero-order chi connectivity index (χ0) is 9.84. The summed E-state index contributed by atoms with van der Waals surface area (Å²) < 4.78 is 0. The fraction of sp³-hybridized carbons (Fsp3) is 0.222. The highest BCUT2D eigenvalue weighted by Crippen LogP contribution is 2.09. The second-order valence-electron chi connectivity index (χ2n) is 2.66. The first kappa shape index (κ1) is 9.38. The predicted octanol–water partition coefficient (Wildman–Crippen LogP) is 1.38. The second kappa shape index (κ2) is 3.80. The lowest BCUT2D eigenvalue weighted by Gasteiger charge is -2.18. The molecule has 0 amide bonds. The molecule has 4 heteroatoms. The van der Waals surface area contributed by atoms with Crippen molar-refractivity contribution in [2.75, 3.05) is 7.05 Å². The molecule has 13 heavy (non-hydrogen) atoms. The van der Waals surface area contributed by atoms with Crippen LogP contribution in [0.15, 0.2) is 25.0 Å². The number of aromatic nitrogens is 2. The Morgan fingerprint density at radius 1 is 1.46 bits per heavy atom. The van der Waals surface area contributed by atoms with E-state index in [-0.39, 0.29) is 0 Å². The van der Waals surface area contributed by atoms with Gasteiger partial charge in [0.25, 0.3) is 0 Å². The fourth-order valence-electron chi connectivity index (χ4n) is 0.801. The molecule has 0 fully saturated rings. The molecule has 0 atom stereocenters. The Morgan fingerprint density at radius 2 is 2.00 bits per heavy atom. The van der Waals surface area contributed by atoms with E-state index < -0.39 is 0 Å². The second-order valence-corrected chi connectivity index (χ2v) is 2.66. The van der Waals surface area contributed by atoms with Gasteiger partial charge in [0.1, 0.15) is 0 Å². The van der Waals surface area contributed by atoms with Crippen LogP contribution in [0.3, 0.4) is 0 Å². The largest absolute Gasteiger partial charge is 0.331 e. The van der Waals surface area contributed by atoms with Crippen molar-refractivity contribution in [3.8, 4) is 0 Å². The van der Waals surface area contributed by atoms with Gasteiger partial charge in [-0.3, -0.25) is 5.41 Å². The number of nitrogens with zero attached hydrogens (tertiary/aromatic N) is 3. The average Bonchev–Trinajstić information content (AvgIpc) is 2.17. The molecule has 0 spiro atoms. The van der Waals surface area contributed by atoms with Crippen molar-refractivity contribution in [1.29, 1.82) is 5.41 Å². The SMILES string of the molecule is C=C(c1ncccn1)N(C)C(C)=N. The van der Waals surface area contributed by atoms with Gasteiger partial charge in [0.2, 0.25) is 0 Å². The van der Waals surface area contributed by atoms with Crippen LogP contribution in [0.25, 0.3) is 5.70 Å². The van der Waals surface area contributed by atoms with Crippen LogP contribution in [-0.2, 0) is 0 Å². The monoisotopic (exact) mass is 176 g/mol. The number of rotatable bonds is 2. The number of hydrogen-bond donors (Lipinski definition) is 1. The first-order valence-corrected chi connectivity index (χ1v) is 3.88. The molecule has 0 aromatic carbocycles. The summed E-state index contributed by atoms with van der Waals surface area (Å²) in [6.07, 6.45) is 3.31. The number of nitrogens with one attached hydrogen (secondary N) is 1. The zero-order valence-corrected chi connectivity index (χ0v) is 7.78. The Hall–Kier alpha value is -1.71. The van der Waals surface area contributed by atoms with Gasteiger partial charge in [-0.25, -0.2) is 9.97 Å². The van der Waals surface area contributed by atoms with Crippen LogP contribution in [-0.4, -0.2) is 27.8 Å². The van der Waals surface area contributed by atoms with Crippen molar-refractivity contribution in [3.05, 3.63) is 30.9 Å². The van der Waals surface area contributed by atoms with E-state index in [0.717, 1.165) is 0 Å². The molecule has 4 nitrogen and oxygen atoms in total. The van der Waals surface area contributed by atoms with Crippen LogP contribution in [0, 0.1) is 5.41 Å². The van der Waals surface area contributed by atoms with Crippen LogP contribution in [0.4, 0.5) is 0 Å². The maximum absolute atomic E-state index is 7.39. The quantitative estimate of drug-likeness (QED) is 0.547. The van der Waals surface area contributed by atoms with Crippen molar-refractivity contribution in [2.45, 2.75) is 6.92 Å². The van der Waals surface area contributed by atoms with E-state index in [1.165, 1.54) is 0 Å². The Balaban J connectivity index is 2.86. The minimum Gasteiger partial charge on any atom is -0.331 e. The first-order valence-electron chi connectivity index (χ1n) is 3.88. The summed E-state index contributed by atoms with van der Waals surface area (Å²) in [5.41, 5.74) is 0.633. The van der Waals surface area contributed by atoms with Gasteiger partial charge in [-0.2, -0.15) is 0 Å². The lowest BCUT2D eigenvalue weighted by Crippen LogP contribution is -2.21. The molecule has 0 unspecified atom stereocenters. The summed E-state index contributed by atoms with van der Waals surface area (Å²) in [5.74, 6) is 0.967. The summed E-state index contributed by atoms with van der Waals surface area (Å²) in [7, 11) is 1.76. The van der Waals surface area contributed by atoms with Crippen molar-refractivity contribution in [3.63, 3.8) is 0 Å². The van der Waals surface area contributed by atoms with E-state index in [2.05, 4.69) is 16.5 Å². The molecular formula is C9H12N4. The average molecular weight is 176 g/mol. The lowest BCUT2D eigenvalue weighted by atomic mass is 10.4. The highest BCUT2D eigenvalue weighted by molar-refractivity contribution is 5.84. The smallest absolute Gasteiger partial charge is 0.175 e. The topological polar surface area (TPSA) is 52.9 Å². The highest BCUT2D eigenvalue weighted by atomic mass is 15.2. The zero-order valence-electron chi connectivity index (χ0n) is 7.78. The molecule has 0 aliphatic heterocycles. The summed E-state index contributed by atoms with van der Waals surface area (Å²) in [5, 5.41) is 7.39. The fourth-order valence-corrected chi connectivity index (χ4v) is 0.801. The van der Waals surface area contributed by atoms with Crippen molar-refractivity contribution >= 4 is 11.5 Å². The van der Waals surface area contributed by atoms with Gasteiger partial charge in [0, 0.05) is 19.4 Å². The van der Waals surface area contributed by atoms with Crippen LogP contribution < -0.4 is 0 Å². The van der Waals surface area contributed by atoms with Crippen LogP contribution in [0.5, 0.6) is 0 Å². The van der Waals surface area contributed by atoms with Crippen molar-refractivity contribution < 1.29 is 0 Å². The van der Waals surface area contributed by atoms with Gasteiger partial charge in [-0.05, 0) is 13.0 Å². The molecular weight excluding hydrogens is 164 g/mol. The van der Waals surface area contributed by atoms with E-state index >= 15 is 0 Å². The lowest BCUT2D eigenvalue weighted by molar-refractivity contribution is 0.697. The highest BCUT2D eigenvalue weighted by Gasteiger charge is 2.07.